The fourth-order valence-corrected chi connectivity index (χ4v) is 3.27. The lowest BCUT2D eigenvalue weighted by atomic mass is 10.0. The molecule has 0 atom stereocenters. The topological polar surface area (TPSA) is 42.9 Å². The van der Waals surface area contributed by atoms with E-state index in [0.29, 0.717) is 27.8 Å². The van der Waals surface area contributed by atoms with Gasteiger partial charge in [0.25, 0.3) is 0 Å². The van der Waals surface area contributed by atoms with E-state index in [1.165, 1.54) is 6.07 Å². The van der Waals surface area contributed by atoms with Crippen molar-refractivity contribution in [2.45, 2.75) is 38.5 Å². The number of carbonyl (C=O) groups excluding carboxylic acids is 1. The van der Waals surface area contributed by atoms with Gasteiger partial charge in [-0.3, -0.25) is 4.79 Å². The Morgan fingerprint density at radius 3 is 2.95 bits per heavy atom. The number of hydrogen-bond acceptors (Lipinski definition) is 4. The van der Waals surface area contributed by atoms with Crippen molar-refractivity contribution in [3.63, 3.8) is 0 Å². The zero-order valence-electron chi connectivity index (χ0n) is 11.5. The third kappa shape index (κ3) is 2.99. The van der Waals surface area contributed by atoms with Crippen LogP contribution in [-0.2, 0) is 6.42 Å². The predicted octanol–water partition coefficient (Wildman–Crippen LogP) is 4.33. The van der Waals surface area contributed by atoms with E-state index in [1.807, 2.05) is 6.92 Å². The molecule has 3 rings (SSSR count). The average Bonchev–Trinajstić information content (AvgIpc) is 3.20. The lowest BCUT2D eigenvalue weighted by Gasteiger charge is -2.07. The first-order chi connectivity index (χ1) is 10.1. The number of ketones is 1. The minimum absolute atomic E-state index is 0.0242. The van der Waals surface area contributed by atoms with Crippen molar-refractivity contribution in [1.82, 2.24) is 9.59 Å². The molecule has 1 saturated carbocycles. The summed E-state index contributed by atoms with van der Waals surface area (Å²) in [6, 6.07) is 3.03. The Morgan fingerprint density at radius 1 is 1.48 bits per heavy atom. The van der Waals surface area contributed by atoms with Crippen LogP contribution >= 0.6 is 23.1 Å². The smallest absolute Gasteiger partial charge is 0.176 e. The van der Waals surface area contributed by atoms with Crippen LogP contribution in [0.25, 0.3) is 0 Å². The van der Waals surface area contributed by atoms with Gasteiger partial charge in [-0.2, -0.15) is 0 Å². The summed E-state index contributed by atoms with van der Waals surface area (Å²) in [5, 5.41) is 4.46. The molecule has 1 aromatic carbocycles. The van der Waals surface area contributed by atoms with Gasteiger partial charge in [-0.15, -0.1) is 5.10 Å². The summed E-state index contributed by atoms with van der Waals surface area (Å²) in [6.07, 6.45) is 2.67. The van der Waals surface area contributed by atoms with Gasteiger partial charge in [0.05, 0.1) is 5.69 Å². The third-order valence-corrected chi connectivity index (χ3v) is 5.02. The Morgan fingerprint density at radius 2 is 2.24 bits per heavy atom. The maximum absolute atomic E-state index is 13.8. The van der Waals surface area contributed by atoms with E-state index < -0.39 is 0 Å². The van der Waals surface area contributed by atoms with E-state index in [1.54, 1.807) is 6.07 Å². The summed E-state index contributed by atoms with van der Waals surface area (Å²) in [5.74, 6) is 0.00844. The zero-order valence-corrected chi connectivity index (χ0v) is 13.1. The molecule has 2 aromatic rings. The molecule has 1 fully saturated rings. The van der Waals surface area contributed by atoms with Crippen LogP contribution in [0, 0.1) is 12.7 Å². The van der Waals surface area contributed by atoms with Crippen LogP contribution in [0.3, 0.4) is 0 Å². The highest BCUT2D eigenvalue weighted by Gasteiger charge is 2.31. The van der Waals surface area contributed by atoms with E-state index in [2.05, 4.69) is 9.59 Å². The summed E-state index contributed by atoms with van der Waals surface area (Å²) in [5.41, 5.74) is 2.05. The first-order valence-electron chi connectivity index (χ1n) is 6.87. The second-order valence-electron chi connectivity index (χ2n) is 5.34. The molecule has 1 aliphatic rings. The van der Waals surface area contributed by atoms with Crippen LogP contribution in [0.1, 0.15) is 51.7 Å². The van der Waals surface area contributed by atoms with Crippen LogP contribution in [0.5, 0.6) is 0 Å². The molecule has 1 aliphatic carbocycles. The summed E-state index contributed by atoms with van der Waals surface area (Å²) in [4.78, 5) is 12.9. The van der Waals surface area contributed by atoms with Gasteiger partial charge < -0.3 is 0 Å². The van der Waals surface area contributed by atoms with Crippen LogP contribution in [0.4, 0.5) is 4.39 Å². The summed E-state index contributed by atoms with van der Waals surface area (Å²) < 4.78 is 17.7. The monoisotopic (exact) mass is 324 g/mol. The van der Waals surface area contributed by atoms with Crippen LogP contribution in [-0.4, -0.2) is 15.4 Å². The molecular weight excluding hydrogens is 311 g/mol. The van der Waals surface area contributed by atoms with E-state index in [4.69, 9.17) is 11.6 Å². The van der Waals surface area contributed by atoms with Crippen molar-refractivity contribution in [2.75, 3.05) is 0 Å². The largest absolute Gasteiger partial charge is 0.293 e. The van der Waals surface area contributed by atoms with Crippen molar-refractivity contribution in [1.29, 1.82) is 0 Å². The molecule has 0 aliphatic heterocycles. The van der Waals surface area contributed by atoms with Gasteiger partial charge >= 0.3 is 0 Å². The first-order valence-corrected chi connectivity index (χ1v) is 8.02. The molecule has 1 aromatic heterocycles. The number of Topliss-reactive ketones (excluding diaryl/α,β-unsaturated/α-hetero) is 1. The number of aromatic nitrogens is 2. The molecule has 110 valence electrons. The molecule has 0 saturated heterocycles. The van der Waals surface area contributed by atoms with E-state index in [9.17, 15) is 9.18 Å². The highest BCUT2D eigenvalue weighted by atomic mass is 35.5. The zero-order chi connectivity index (χ0) is 15.0. The van der Waals surface area contributed by atoms with Gasteiger partial charge in [0, 0.05) is 22.9 Å². The molecule has 0 radical (unpaired) electrons. The fourth-order valence-electron chi connectivity index (χ4n) is 2.31. The van der Waals surface area contributed by atoms with Crippen LogP contribution in [0.15, 0.2) is 12.1 Å². The van der Waals surface area contributed by atoms with Gasteiger partial charge in [-0.25, -0.2) is 4.39 Å². The normalized spacial score (nSPS) is 14.4. The Hall–Kier alpha value is -1.33. The van der Waals surface area contributed by atoms with Crippen molar-refractivity contribution in [3.05, 3.63) is 44.7 Å². The standard InChI is InChI=1S/C15H14ClFN2OS/c1-8-2-6-11(17)10(13(8)16)5-7-12(20)15-14(9-3-4-9)18-19-21-15/h2,6,9H,3-5,7H2,1H3. The molecule has 0 unspecified atom stereocenters. The van der Waals surface area contributed by atoms with E-state index >= 15 is 0 Å². The molecule has 6 heteroatoms. The predicted molar refractivity (Wildman–Crippen MR) is 80.7 cm³/mol. The lowest BCUT2D eigenvalue weighted by Crippen LogP contribution is -2.04. The maximum Gasteiger partial charge on any atom is 0.176 e. The third-order valence-electron chi connectivity index (χ3n) is 3.71. The second-order valence-corrected chi connectivity index (χ2v) is 6.47. The number of benzene rings is 1. The van der Waals surface area contributed by atoms with Crippen molar-refractivity contribution in [3.8, 4) is 0 Å². The molecule has 0 amide bonds. The minimum Gasteiger partial charge on any atom is -0.293 e. The minimum atomic E-state index is -0.358. The average molecular weight is 325 g/mol. The van der Waals surface area contributed by atoms with Gasteiger partial charge in [-0.1, -0.05) is 22.2 Å². The number of carbonyl (C=O) groups is 1. The highest BCUT2D eigenvalue weighted by Crippen LogP contribution is 2.41. The number of hydrogen-bond donors (Lipinski definition) is 0. The van der Waals surface area contributed by atoms with Crippen molar-refractivity contribution >= 4 is 28.9 Å². The number of nitrogens with zero attached hydrogens (tertiary/aromatic N) is 2. The van der Waals surface area contributed by atoms with Gasteiger partial charge in [0.1, 0.15) is 10.7 Å². The van der Waals surface area contributed by atoms with E-state index in [-0.39, 0.29) is 18.0 Å². The lowest BCUT2D eigenvalue weighted by molar-refractivity contribution is 0.0985. The second kappa shape index (κ2) is 5.81. The fraction of sp³-hybridized carbons (Fsp3) is 0.400. The van der Waals surface area contributed by atoms with Crippen molar-refractivity contribution in [2.24, 2.45) is 0 Å². The highest BCUT2D eigenvalue weighted by molar-refractivity contribution is 7.08. The summed E-state index contributed by atoms with van der Waals surface area (Å²) in [6.45, 7) is 1.82. The van der Waals surface area contributed by atoms with Crippen molar-refractivity contribution < 1.29 is 9.18 Å². The van der Waals surface area contributed by atoms with E-state index in [0.717, 1.165) is 35.6 Å². The Bertz CT molecular complexity index is 697. The van der Waals surface area contributed by atoms with Crippen LogP contribution in [0.2, 0.25) is 5.02 Å². The first kappa shape index (κ1) is 14.6. The Kier molecular flexibility index (Phi) is 4.04. The summed E-state index contributed by atoms with van der Waals surface area (Å²) in [7, 11) is 0. The molecule has 0 spiro atoms. The molecular formula is C15H14ClFN2OS. The Balaban J connectivity index is 1.74. The van der Waals surface area contributed by atoms with Gasteiger partial charge in [0.2, 0.25) is 0 Å². The molecule has 0 bridgehead atoms. The summed E-state index contributed by atoms with van der Waals surface area (Å²) >= 11 is 7.26. The SMILES string of the molecule is Cc1ccc(F)c(CCC(=O)c2snnc2C2CC2)c1Cl. The molecule has 1 heterocycles. The maximum atomic E-state index is 13.8. The molecule has 3 nitrogen and oxygen atoms in total. The molecule has 21 heavy (non-hydrogen) atoms. The van der Waals surface area contributed by atoms with Gasteiger partial charge in [0.15, 0.2) is 5.78 Å². The van der Waals surface area contributed by atoms with Crippen LogP contribution < -0.4 is 0 Å². The number of aryl methyl sites for hydroxylation is 1. The Labute approximate surface area is 131 Å². The number of rotatable bonds is 5. The van der Waals surface area contributed by atoms with Gasteiger partial charge in [-0.05, 0) is 49.3 Å². The number of halogens is 2. The molecule has 0 N–H and O–H groups in total. The quantitative estimate of drug-likeness (QED) is 0.769.